The Morgan fingerprint density at radius 3 is 2.65 bits per heavy atom. The molecule has 0 aromatic heterocycles. The van der Waals surface area contributed by atoms with Crippen LogP contribution in [0.15, 0.2) is 23.2 Å². The lowest BCUT2D eigenvalue weighted by Gasteiger charge is -2.08. The minimum atomic E-state index is -1.08. The number of thiol groups is 1. The predicted molar refractivity (Wildman–Crippen MR) is 67.3 cm³/mol. The van der Waals surface area contributed by atoms with E-state index in [4.69, 9.17) is 5.11 Å². The number of hydrogen-bond acceptors (Lipinski definition) is 5. The summed E-state index contributed by atoms with van der Waals surface area (Å²) in [6.07, 6.45) is 0. The van der Waals surface area contributed by atoms with E-state index in [2.05, 4.69) is 17.6 Å². The molecule has 1 aromatic carbocycles. The van der Waals surface area contributed by atoms with E-state index in [1.807, 2.05) is 0 Å². The van der Waals surface area contributed by atoms with Crippen molar-refractivity contribution in [2.24, 2.45) is 4.99 Å². The van der Waals surface area contributed by atoms with Crippen LogP contribution in [0.2, 0.25) is 0 Å². The Morgan fingerprint density at radius 1 is 1.47 bits per heavy atom. The second-order valence-corrected chi connectivity index (χ2v) is 3.82. The number of nitrogens with zero attached hydrogens (tertiary/aromatic N) is 1. The largest absolute Gasteiger partial charge is 0.508 e. The molecule has 0 aliphatic carbocycles. The van der Waals surface area contributed by atoms with Crippen LogP contribution in [0, 0.1) is 0 Å². The molecule has 92 valence electrons. The Kier molecular flexibility index (Phi) is 4.39. The summed E-state index contributed by atoms with van der Waals surface area (Å²) in [5.41, 5.74) is 0.637. The summed E-state index contributed by atoms with van der Waals surface area (Å²) >= 11 is 3.89. The van der Waals surface area contributed by atoms with E-state index in [-0.39, 0.29) is 17.3 Å². The molecule has 1 unspecified atom stereocenters. The zero-order valence-corrected chi connectivity index (χ0v) is 10.1. The zero-order chi connectivity index (χ0) is 13.0. The predicted octanol–water partition coefficient (Wildman–Crippen LogP) is 1.29. The molecule has 0 bridgehead atoms. The maximum atomic E-state index is 10.8. The number of phenolic OH excluding ortho intramolecular Hbond substituents is 2. The number of aromatic hydroxyl groups is 2. The van der Waals surface area contributed by atoms with Gasteiger partial charge in [0.1, 0.15) is 11.5 Å². The van der Waals surface area contributed by atoms with Gasteiger partial charge in [-0.25, -0.2) is 4.79 Å². The van der Waals surface area contributed by atoms with Crippen LogP contribution in [0.4, 0.5) is 0 Å². The molecule has 1 atom stereocenters. The van der Waals surface area contributed by atoms with E-state index in [9.17, 15) is 15.0 Å². The molecule has 0 radical (unpaired) electrons. The lowest BCUT2D eigenvalue weighted by atomic mass is 10.1. The van der Waals surface area contributed by atoms with Gasteiger partial charge in [0.2, 0.25) is 0 Å². The third kappa shape index (κ3) is 3.39. The maximum absolute atomic E-state index is 10.8. The molecular weight excluding hydrogens is 242 g/mol. The standard InChI is InChI=1S/C11H13NO4S/c1-6(12-9(5-17)11(15)16)8-4-7(13)2-3-10(8)14/h2-4,9,13-14,17H,5H2,1H3,(H,15,16)/b12-6-. The van der Waals surface area contributed by atoms with Crippen LogP contribution in [-0.4, -0.2) is 38.8 Å². The van der Waals surface area contributed by atoms with Crippen molar-refractivity contribution in [2.45, 2.75) is 13.0 Å². The fraction of sp³-hybridized carbons (Fsp3) is 0.273. The highest BCUT2D eigenvalue weighted by molar-refractivity contribution is 7.80. The number of hydrogen-bond donors (Lipinski definition) is 4. The van der Waals surface area contributed by atoms with Crippen molar-refractivity contribution in [3.05, 3.63) is 23.8 Å². The third-order valence-corrected chi connectivity index (χ3v) is 2.52. The molecule has 1 rings (SSSR count). The van der Waals surface area contributed by atoms with Gasteiger partial charge in [0.25, 0.3) is 0 Å². The Bertz CT molecular complexity index is 459. The number of carboxylic acid groups (broad SMARTS) is 1. The van der Waals surface area contributed by atoms with Crippen LogP contribution in [0.25, 0.3) is 0 Å². The van der Waals surface area contributed by atoms with Crippen LogP contribution in [-0.2, 0) is 4.79 Å². The van der Waals surface area contributed by atoms with Crippen LogP contribution in [0.1, 0.15) is 12.5 Å². The number of carbonyl (C=O) groups is 1. The molecule has 1 aromatic rings. The number of aliphatic carboxylic acids is 1. The SMILES string of the molecule is C/C(=N/C(CS)C(=O)O)c1cc(O)ccc1O. The molecule has 0 fully saturated rings. The molecule has 0 amide bonds. The molecule has 6 heteroatoms. The van der Waals surface area contributed by atoms with Crippen molar-refractivity contribution in [1.82, 2.24) is 0 Å². The maximum Gasteiger partial charge on any atom is 0.329 e. The van der Waals surface area contributed by atoms with Crippen LogP contribution >= 0.6 is 12.6 Å². The van der Waals surface area contributed by atoms with E-state index < -0.39 is 12.0 Å². The van der Waals surface area contributed by atoms with E-state index in [0.29, 0.717) is 11.3 Å². The molecule has 0 aliphatic heterocycles. The van der Waals surface area contributed by atoms with Gasteiger partial charge in [-0.2, -0.15) is 12.6 Å². The van der Waals surface area contributed by atoms with Gasteiger partial charge in [-0.3, -0.25) is 4.99 Å². The molecule has 3 N–H and O–H groups in total. The van der Waals surface area contributed by atoms with Gasteiger partial charge in [0.05, 0.1) is 0 Å². The molecule has 0 spiro atoms. The van der Waals surface area contributed by atoms with Crippen molar-refractivity contribution in [1.29, 1.82) is 0 Å². The summed E-state index contributed by atoms with van der Waals surface area (Å²) in [7, 11) is 0. The van der Waals surface area contributed by atoms with Crippen LogP contribution in [0.5, 0.6) is 11.5 Å². The first-order valence-corrected chi connectivity index (χ1v) is 5.49. The zero-order valence-electron chi connectivity index (χ0n) is 9.16. The monoisotopic (exact) mass is 255 g/mol. The first-order chi connectivity index (χ1) is 7.95. The second-order valence-electron chi connectivity index (χ2n) is 3.45. The van der Waals surface area contributed by atoms with Gasteiger partial charge < -0.3 is 15.3 Å². The molecule has 5 nitrogen and oxygen atoms in total. The van der Waals surface area contributed by atoms with Gasteiger partial charge in [0.15, 0.2) is 6.04 Å². The fourth-order valence-electron chi connectivity index (χ4n) is 1.29. The van der Waals surface area contributed by atoms with Gasteiger partial charge in [0, 0.05) is 17.0 Å². The normalized spacial score (nSPS) is 13.4. The number of phenols is 2. The van der Waals surface area contributed by atoms with E-state index in [0.717, 1.165) is 0 Å². The number of benzene rings is 1. The van der Waals surface area contributed by atoms with Gasteiger partial charge in [-0.1, -0.05) is 0 Å². The molecule has 0 aliphatic rings. The lowest BCUT2D eigenvalue weighted by molar-refractivity contribution is -0.137. The fourth-order valence-corrected chi connectivity index (χ4v) is 1.53. The Hall–Kier alpha value is -1.69. The summed E-state index contributed by atoms with van der Waals surface area (Å²) < 4.78 is 0. The van der Waals surface area contributed by atoms with Crippen molar-refractivity contribution in [3.8, 4) is 11.5 Å². The average Bonchev–Trinajstić information content (AvgIpc) is 2.28. The summed E-state index contributed by atoms with van der Waals surface area (Å²) in [6.45, 7) is 1.56. The van der Waals surface area contributed by atoms with E-state index in [1.165, 1.54) is 18.2 Å². The Labute approximate surface area is 104 Å². The number of aliphatic imine (C=N–C) groups is 1. The summed E-state index contributed by atoms with van der Waals surface area (Å²) in [4.78, 5) is 14.7. The van der Waals surface area contributed by atoms with Crippen molar-refractivity contribution >= 4 is 24.3 Å². The average molecular weight is 255 g/mol. The first-order valence-electron chi connectivity index (χ1n) is 4.86. The quantitative estimate of drug-likeness (QED) is 0.371. The van der Waals surface area contributed by atoms with Crippen molar-refractivity contribution in [3.63, 3.8) is 0 Å². The Morgan fingerprint density at radius 2 is 2.12 bits per heavy atom. The number of carboxylic acids is 1. The van der Waals surface area contributed by atoms with Crippen molar-refractivity contribution < 1.29 is 20.1 Å². The molecule has 0 saturated heterocycles. The molecular formula is C11H13NO4S. The topological polar surface area (TPSA) is 90.1 Å². The van der Waals surface area contributed by atoms with E-state index in [1.54, 1.807) is 6.92 Å². The molecule has 17 heavy (non-hydrogen) atoms. The lowest BCUT2D eigenvalue weighted by Crippen LogP contribution is -2.21. The summed E-state index contributed by atoms with van der Waals surface area (Å²) in [6, 6.07) is 3.01. The van der Waals surface area contributed by atoms with Crippen molar-refractivity contribution in [2.75, 3.05) is 5.75 Å². The molecule has 0 heterocycles. The first kappa shape index (κ1) is 13.4. The minimum Gasteiger partial charge on any atom is -0.508 e. The smallest absolute Gasteiger partial charge is 0.329 e. The number of rotatable bonds is 4. The highest BCUT2D eigenvalue weighted by Gasteiger charge is 2.15. The van der Waals surface area contributed by atoms with Crippen LogP contribution < -0.4 is 0 Å². The highest BCUT2D eigenvalue weighted by atomic mass is 32.1. The van der Waals surface area contributed by atoms with Crippen LogP contribution in [0.3, 0.4) is 0 Å². The molecule has 0 saturated carbocycles. The van der Waals surface area contributed by atoms with Gasteiger partial charge in [-0.05, 0) is 25.1 Å². The Balaban J connectivity index is 3.10. The van der Waals surface area contributed by atoms with Gasteiger partial charge >= 0.3 is 5.97 Å². The summed E-state index contributed by atoms with van der Waals surface area (Å²) in [5.74, 6) is -1.11. The minimum absolute atomic E-state index is 0.0231. The third-order valence-electron chi connectivity index (χ3n) is 2.18. The summed E-state index contributed by atoms with van der Waals surface area (Å²) in [5, 5.41) is 27.7. The van der Waals surface area contributed by atoms with Gasteiger partial charge in [-0.15, -0.1) is 0 Å². The van der Waals surface area contributed by atoms with E-state index >= 15 is 0 Å². The highest BCUT2D eigenvalue weighted by Crippen LogP contribution is 2.23. The second kappa shape index (κ2) is 5.58.